The molecule has 0 aromatic carbocycles. The van der Waals surface area contributed by atoms with E-state index in [9.17, 15) is 27.6 Å². The number of halogens is 3. The lowest BCUT2D eigenvalue weighted by Gasteiger charge is -2.36. The van der Waals surface area contributed by atoms with Crippen molar-refractivity contribution in [3.63, 3.8) is 0 Å². The van der Waals surface area contributed by atoms with Crippen LogP contribution in [0.1, 0.15) is 12.8 Å². The molecular formula is C11H15F3N2O5. The smallest absolute Gasteiger partial charge is 0.393 e. The molecule has 1 aliphatic heterocycles. The third kappa shape index (κ3) is 5.12. The minimum absolute atomic E-state index is 0.0428. The standard InChI is InChI=1S/C11H15F3N2O5/c12-11(13,14)7-2-1-3-15(4-7)10(21)16(5-8(17)18)6-9(19)20/h7H,1-6H2,(H,17,18)(H,19,20). The summed E-state index contributed by atoms with van der Waals surface area (Å²) in [5, 5.41) is 17.3. The van der Waals surface area contributed by atoms with Crippen molar-refractivity contribution in [3.05, 3.63) is 0 Å². The number of likely N-dealkylation sites (tertiary alicyclic amines) is 1. The second-order valence-electron chi connectivity index (χ2n) is 4.75. The van der Waals surface area contributed by atoms with Gasteiger partial charge in [0.05, 0.1) is 5.92 Å². The fourth-order valence-corrected chi connectivity index (χ4v) is 2.14. The molecule has 0 saturated carbocycles. The monoisotopic (exact) mass is 312 g/mol. The summed E-state index contributed by atoms with van der Waals surface area (Å²) >= 11 is 0. The van der Waals surface area contributed by atoms with E-state index in [1.165, 1.54) is 0 Å². The second kappa shape index (κ2) is 6.64. The number of carboxylic acid groups (broad SMARTS) is 2. The number of urea groups is 1. The number of hydrogen-bond acceptors (Lipinski definition) is 3. The van der Waals surface area contributed by atoms with Crippen LogP contribution in [0.4, 0.5) is 18.0 Å². The van der Waals surface area contributed by atoms with E-state index in [1.54, 1.807) is 0 Å². The number of carbonyl (C=O) groups excluding carboxylic acids is 1. The first-order valence-corrected chi connectivity index (χ1v) is 6.15. The number of rotatable bonds is 4. The lowest BCUT2D eigenvalue weighted by atomic mass is 9.98. The number of piperidine rings is 1. The van der Waals surface area contributed by atoms with Crippen LogP contribution < -0.4 is 0 Å². The summed E-state index contributed by atoms with van der Waals surface area (Å²) in [7, 11) is 0. The van der Waals surface area contributed by atoms with Crippen LogP contribution in [0.5, 0.6) is 0 Å². The van der Waals surface area contributed by atoms with E-state index in [2.05, 4.69) is 0 Å². The minimum atomic E-state index is -4.44. The highest BCUT2D eigenvalue weighted by Crippen LogP contribution is 2.33. The summed E-state index contributed by atoms with van der Waals surface area (Å²) in [6, 6.07) is -1.01. The molecule has 1 fully saturated rings. The van der Waals surface area contributed by atoms with Crippen LogP contribution >= 0.6 is 0 Å². The van der Waals surface area contributed by atoms with Gasteiger partial charge in [0.1, 0.15) is 13.1 Å². The Labute approximate surface area is 117 Å². The van der Waals surface area contributed by atoms with Gasteiger partial charge in [-0.05, 0) is 12.8 Å². The van der Waals surface area contributed by atoms with Crippen LogP contribution in [0.2, 0.25) is 0 Å². The molecule has 1 rings (SSSR count). The number of alkyl halides is 3. The first-order chi connectivity index (χ1) is 9.61. The van der Waals surface area contributed by atoms with Crippen LogP contribution in [0.15, 0.2) is 0 Å². The molecule has 1 unspecified atom stereocenters. The number of amides is 2. The third-order valence-corrected chi connectivity index (χ3v) is 3.08. The molecule has 2 N–H and O–H groups in total. The maximum absolute atomic E-state index is 12.7. The van der Waals surface area contributed by atoms with Gasteiger partial charge in [0.15, 0.2) is 0 Å². The molecule has 1 aliphatic rings. The van der Waals surface area contributed by atoms with Crippen LogP contribution in [-0.2, 0) is 9.59 Å². The molecule has 0 aromatic rings. The fourth-order valence-electron chi connectivity index (χ4n) is 2.14. The highest BCUT2D eigenvalue weighted by Gasteiger charge is 2.43. The number of carboxylic acids is 2. The molecule has 7 nitrogen and oxygen atoms in total. The van der Waals surface area contributed by atoms with Gasteiger partial charge in [-0.25, -0.2) is 4.79 Å². The van der Waals surface area contributed by atoms with Crippen molar-refractivity contribution < 1.29 is 37.8 Å². The third-order valence-electron chi connectivity index (χ3n) is 3.08. The highest BCUT2D eigenvalue weighted by molar-refractivity contribution is 5.84. The molecular weight excluding hydrogens is 297 g/mol. The minimum Gasteiger partial charge on any atom is -0.480 e. The first kappa shape index (κ1) is 17.1. The molecule has 21 heavy (non-hydrogen) atoms. The van der Waals surface area contributed by atoms with Crippen LogP contribution in [0.25, 0.3) is 0 Å². The molecule has 10 heteroatoms. The summed E-state index contributed by atoms with van der Waals surface area (Å²) < 4.78 is 38.0. The van der Waals surface area contributed by atoms with Crippen molar-refractivity contribution in [3.8, 4) is 0 Å². The van der Waals surface area contributed by atoms with E-state index in [1.807, 2.05) is 0 Å². The van der Waals surface area contributed by atoms with E-state index >= 15 is 0 Å². The summed E-state index contributed by atoms with van der Waals surface area (Å²) in [5.74, 6) is -4.55. The zero-order valence-electron chi connectivity index (χ0n) is 11.0. The zero-order valence-corrected chi connectivity index (χ0v) is 11.0. The van der Waals surface area contributed by atoms with Crippen LogP contribution in [0, 0.1) is 5.92 Å². The van der Waals surface area contributed by atoms with E-state index in [0.717, 1.165) is 4.90 Å². The molecule has 2 amide bonds. The van der Waals surface area contributed by atoms with Gasteiger partial charge in [0, 0.05) is 13.1 Å². The Morgan fingerprint density at radius 3 is 2.10 bits per heavy atom. The Hall–Kier alpha value is -2.00. The van der Waals surface area contributed by atoms with Gasteiger partial charge in [-0.3, -0.25) is 9.59 Å². The maximum atomic E-state index is 12.7. The van der Waals surface area contributed by atoms with Crippen molar-refractivity contribution in [2.24, 2.45) is 5.92 Å². The van der Waals surface area contributed by atoms with Crippen molar-refractivity contribution in [1.82, 2.24) is 9.80 Å². The molecule has 1 atom stereocenters. The number of carbonyl (C=O) groups is 3. The normalized spacial score (nSPS) is 19.2. The van der Waals surface area contributed by atoms with Gasteiger partial charge in [-0.15, -0.1) is 0 Å². The summed E-state index contributed by atoms with van der Waals surface area (Å²) in [6.07, 6.45) is -4.42. The lowest BCUT2D eigenvalue weighted by Crippen LogP contribution is -2.52. The van der Waals surface area contributed by atoms with Crippen LogP contribution in [0.3, 0.4) is 0 Å². The SMILES string of the molecule is O=C(O)CN(CC(=O)O)C(=O)N1CCCC(C(F)(F)F)C1. The molecule has 0 spiro atoms. The molecule has 0 aromatic heterocycles. The van der Waals surface area contributed by atoms with Gasteiger partial charge in [-0.2, -0.15) is 13.2 Å². The molecule has 0 bridgehead atoms. The van der Waals surface area contributed by atoms with Crippen molar-refractivity contribution in [2.45, 2.75) is 19.0 Å². The van der Waals surface area contributed by atoms with E-state index < -0.39 is 49.7 Å². The average Bonchev–Trinajstić information content (AvgIpc) is 2.35. The molecule has 1 heterocycles. The van der Waals surface area contributed by atoms with E-state index in [4.69, 9.17) is 10.2 Å². The number of hydrogen-bond donors (Lipinski definition) is 2. The van der Waals surface area contributed by atoms with Gasteiger partial charge in [0.25, 0.3) is 0 Å². The number of nitrogens with zero attached hydrogens (tertiary/aromatic N) is 2. The van der Waals surface area contributed by atoms with Crippen molar-refractivity contribution in [2.75, 3.05) is 26.2 Å². The Morgan fingerprint density at radius 1 is 1.14 bits per heavy atom. The Kier molecular flexibility index (Phi) is 5.39. The average molecular weight is 312 g/mol. The summed E-state index contributed by atoms with van der Waals surface area (Å²) in [4.78, 5) is 34.6. The Balaban J connectivity index is 2.77. The summed E-state index contributed by atoms with van der Waals surface area (Å²) in [6.45, 7) is -2.30. The van der Waals surface area contributed by atoms with Gasteiger partial charge in [0.2, 0.25) is 0 Å². The molecule has 0 aliphatic carbocycles. The van der Waals surface area contributed by atoms with Gasteiger partial charge in [-0.1, -0.05) is 0 Å². The summed E-state index contributed by atoms with van der Waals surface area (Å²) in [5.41, 5.74) is 0. The largest absolute Gasteiger partial charge is 0.480 e. The zero-order chi connectivity index (χ0) is 16.2. The predicted octanol–water partition coefficient (Wildman–Crippen LogP) is 0.852. The van der Waals surface area contributed by atoms with E-state index in [-0.39, 0.29) is 19.4 Å². The van der Waals surface area contributed by atoms with Crippen molar-refractivity contribution in [1.29, 1.82) is 0 Å². The number of aliphatic carboxylic acids is 2. The fraction of sp³-hybridized carbons (Fsp3) is 0.727. The van der Waals surface area contributed by atoms with Gasteiger partial charge < -0.3 is 20.0 Å². The van der Waals surface area contributed by atoms with E-state index in [0.29, 0.717) is 4.90 Å². The van der Waals surface area contributed by atoms with Crippen molar-refractivity contribution >= 4 is 18.0 Å². The molecule has 1 saturated heterocycles. The molecule has 0 radical (unpaired) electrons. The maximum Gasteiger partial charge on any atom is 0.393 e. The second-order valence-corrected chi connectivity index (χ2v) is 4.75. The predicted molar refractivity (Wildman–Crippen MR) is 62.6 cm³/mol. The van der Waals surface area contributed by atoms with Crippen LogP contribution in [-0.4, -0.2) is 70.3 Å². The topological polar surface area (TPSA) is 98.1 Å². The van der Waals surface area contributed by atoms with Gasteiger partial charge >= 0.3 is 24.1 Å². The quantitative estimate of drug-likeness (QED) is 0.802. The Morgan fingerprint density at radius 2 is 1.67 bits per heavy atom. The lowest BCUT2D eigenvalue weighted by molar-refractivity contribution is -0.184. The first-order valence-electron chi connectivity index (χ1n) is 6.15. The Bertz CT molecular complexity index is 411. The molecule has 120 valence electrons. The highest BCUT2D eigenvalue weighted by atomic mass is 19.4.